The average molecular weight is 429 g/mol. The Morgan fingerprint density at radius 3 is 2.22 bits per heavy atom. The number of ketones is 1. The zero-order chi connectivity index (χ0) is 22.7. The fourth-order valence-corrected chi connectivity index (χ4v) is 3.92. The van der Waals surface area contributed by atoms with Crippen molar-refractivity contribution >= 4 is 17.6 Å². The van der Waals surface area contributed by atoms with Crippen molar-refractivity contribution in [2.75, 3.05) is 14.2 Å². The van der Waals surface area contributed by atoms with Crippen LogP contribution in [0.2, 0.25) is 0 Å². The first-order valence-electron chi connectivity index (χ1n) is 10.3. The Balaban J connectivity index is 1.68. The van der Waals surface area contributed by atoms with Crippen molar-refractivity contribution < 1.29 is 23.9 Å². The van der Waals surface area contributed by atoms with Crippen molar-refractivity contribution in [3.8, 4) is 11.5 Å². The fourth-order valence-electron chi connectivity index (χ4n) is 3.92. The molecule has 2 amide bonds. The van der Waals surface area contributed by atoms with E-state index in [1.165, 1.54) is 12.0 Å². The molecule has 4 rings (SSSR count). The second kappa shape index (κ2) is 9.06. The molecule has 3 aromatic rings. The molecule has 6 nitrogen and oxygen atoms in total. The van der Waals surface area contributed by atoms with E-state index < -0.39 is 5.92 Å². The summed E-state index contributed by atoms with van der Waals surface area (Å²) >= 11 is 0. The van der Waals surface area contributed by atoms with Crippen LogP contribution < -0.4 is 9.47 Å². The van der Waals surface area contributed by atoms with Gasteiger partial charge in [0.1, 0.15) is 11.5 Å². The van der Waals surface area contributed by atoms with Gasteiger partial charge in [-0.2, -0.15) is 0 Å². The third kappa shape index (κ3) is 4.12. The van der Waals surface area contributed by atoms with Crippen LogP contribution in [-0.2, 0) is 16.1 Å². The van der Waals surface area contributed by atoms with Crippen LogP contribution in [-0.4, -0.2) is 36.7 Å². The number of ether oxygens (including phenoxy) is 2. The number of methoxy groups -OCH3 is 2. The largest absolute Gasteiger partial charge is 0.497 e. The summed E-state index contributed by atoms with van der Waals surface area (Å²) in [4.78, 5) is 40.5. The molecule has 0 spiro atoms. The monoisotopic (exact) mass is 429 g/mol. The molecule has 162 valence electrons. The summed E-state index contributed by atoms with van der Waals surface area (Å²) in [5, 5.41) is 0. The Bertz CT molecular complexity index is 1150. The number of benzene rings is 3. The maximum absolute atomic E-state index is 13.3. The number of imide groups is 1. The van der Waals surface area contributed by atoms with E-state index in [1.54, 1.807) is 49.6 Å². The first kappa shape index (κ1) is 21.3. The molecule has 0 saturated carbocycles. The summed E-state index contributed by atoms with van der Waals surface area (Å²) in [7, 11) is 3.08. The lowest BCUT2D eigenvalue weighted by Crippen LogP contribution is -2.30. The standard InChI is InChI=1S/C26H23NO5/c1-31-19-10-8-18(9-11-19)25(29)21-13-12-20(32-2)14-22(21)23-15-24(28)27(26(23)30)16-17-6-4-3-5-7-17/h3-14,23H,15-16H2,1-2H3. The van der Waals surface area contributed by atoms with Gasteiger partial charge in [-0.1, -0.05) is 30.3 Å². The molecule has 0 bridgehead atoms. The SMILES string of the molecule is COc1ccc(C(=O)c2ccc(OC)cc2C2CC(=O)N(Cc3ccccc3)C2=O)cc1. The zero-order valence-electron chi connectivity index (χ0n) is 17.9. The molecule has 1 heterocycles. The van der Waals surface area contributed by atoms with Crippen LogP contribution in [0.15, 0.2) is 72.8 Å². The van der Waals surface area contributed by atoms with Crippen LogP contribution in [0.3, 0.4) is 0 Å². The summed E-state index contributed by atoms with van der Waals surface area (Å²) in [6.07, 6.45) is 0.0156. The summed E-state index contributed by atoms with van der Waals surface area (Å²) in [6, 6.07) is 21.2. The lowest BCUT2D eigenvalue weighted by molar-refractivity contribution is -0.139. The molecule has 1 aliphatic heterocycles. The molecule has 1 saturated heterocycles. The van der Waals surface area contributed by atoms with E-state index in [-0.39, 0.29) is 30.6 Å². The second-order valence-electron chi connectivity index (χ2n) is 7.57. The molecule has 1 unspecified atom stereocenters. The second-order valence-corrected chi connectivity index (χ2v) is 7.57. The molecule has 3 aromatic carbocycles. The minimum absolute atomic E-state index is 0.0156. The highest BCUT2D eigenvalue weighted by molar-refractivity contribution is 6.13. The maximum Gasteiger partial charge on any atom is 0.237 e. The lowest BCUT2D eigenvalue weighted by Gasteiger charge is -2.17. The zero-order valence-corrected chi connectivity index (χ0v) is 17.9. The molecule has 0 N–H and O–H groups in total. The summed E-state index contributed by atoms with van der Waals surface area (Å²) in [5.74, 6) is -0.367. The van der Waals surface area contributed by atoms with Crippen molar-refractivity contribution in [2.45, 2.75) is 18.9 Å². The first-order chi connectivity index (χ1) is 15.5. The molecular formula is C26H23NO5. The predicted molar refractivity (Wildman–Crippen MR) is 119 cm³/mol. The summed E-state index contributed by atoms with van der Waals surface area (Å²) < 4.78 is 10.5. The number of amides is 2. The van der Waals surface area contributed by atoms with Gasteiger partial charge in [0.25, 0.3) is 0 Å². The number of nitrogens with zero attached hydrogens (tertiary/aromatic N) is 1. The molecule has 6 heteroatoms. The maximum atomic E-state index is 13.3. The van der Waals surface area contributed by atoms with Gasteiger partial charge >= 0.3 is 0 Å². The van der Waals surface area contributed by atoms with Crippen LogP contribution in [0.1, 0.15) is 39.4 Å². The summed E-state index contributed by atoms with van der Waals surface area (Å²) in [6.45, 7) is 0.209. The highest BCUT2D eigenvalue weighted by Crippen LogP contribution is 2.35. The topological polar surface area (TPSA) is 72.9 Å². The molecule has 1 aliphatic rings. The molecule has 0 aromatic heterocycles. The van der Waals surface area contributed by atoms with E-state index in [4.69, 9.17) is 9.47 Å². The van der Waals surface area contributed by atoms with Crippen LogP contribution in [0.4, 0.5) is 0 Å². The number of hydrogen-bond donors (Lipinski definition) is 0. The van der Waals surface area contributed by atoms with Crippen molar-refractivity contribution in [1.82, 2.24) is 4.90 Å². The molecule has 0 radical (unpaired) electrons. The Kier molecular flexibility index (Phi) is 6.03. The number of hydrogen-bond acceptors (Lipinski definition) is 5. The van der Waals surface area contributed by atoms with E-state index in [2.05, 4.69) is 0 Å². The number of rotatable bonds is 7. The van der Waals surface area contributed by atoms with Gasteiger partial charge in [0.05, 0.1) is 26.7 Å². The van der Waals surface area contributed by atoms with Crippen LogP contribution >= 0.6 is 0 Å². The van der Waals surface area contributed by atoms with E-state index in [9.17, 15) is 14.4 Å². The predicted octanol–water partition coefficient (Wildman–Crippen LogP) is 3.98. The average Bonchev–Trinajstić information content (AvgIpc) is 3.12. The number of carbonyl (C=O) groups excluding carboxylic acids is 3. The van der Waals surface area contributed by atoms with E-state index >= 15 is 0 Å². The van der Waals surface area contributed by atoms with Crippen molar-refractivity contribution in [2.24, 2.45) is 0 Å². The number of likely N-dealkylation sites (tertiary alicyclic amines) is 1. The van der Waals surface area contributed by atoms with Gasteiger partial charge in [-0.05, 0) is 53.6 Å². The molecule has 0 aliphatic carbocycles. The normalized spacial score (nSPS) is 15.7. The van der Waals surface area contributed by atoms with Crippen LogP contribution in [0.5, 0.6) is 11.5 Å². The van der Waals surface area contributed by atoms with Gasteiger partial charge in [0, 0.05) is 17.5 Å². The van der Waals surface area contributed by atoms with Crippen LogP contribution in [0.25, 0.3) is 0 Å². The molecule has 32 heavy (non-hydrogen) atoms. The third-order valence-corrected chi connectivity index (χ3v) is 5.66. The van der Waals surface area contributed by atoms with E-state index in [1.807, 2.05) is 30.3 Å². The molecular weight excluding hydrogens is 406 g/mol. The quantitative estimate of drug-likeness (QED) is 0.420. The van der Waals surface area contributed by atoms with Gasteiger partial charge < -0.3 is 9.47 Å². The minimum Gasteiger partial charge on any atom is -0.497 e. The van der Waals surface area contributed by atoms with Crippen molar-refractivity contribution in [3.05, 3.63) is 95.1 Å². The first-order valence-corrected chi connectivity index (χ1v) is 10.3. The molecule has 1 fully saturated rings. The smallest absolute Gasteiger partial charge is 0.237 e. The Morgan fingerprint density at radius 2 is 1.56 bits per heavy atom. The lowest BCUT2D eigenvalue weighted by atomic mass is 9.89. The third-order valence-electron chi connectivity index (χ3n) is 5.66. The van der Waals surface area contributed by atoms with Gasteiger partial charge in [-0.15, -0.1) is 0 Å². The minimum atomic E-state index is -0.737. The van der Waals surface area contributed by atoms with E-state index in [0.29, 0.717) is 28.2 Å². The van der Waals surface area contributed by atoms with Crippen LogP contribution in [0, 0.1) is 0 Å². The fraction of sp³-hybridized carbons (Fsp3) is 0.192. The van der Waals surface area contributed by atoms with Crippen molar-refractivity contribution in [1.29, 1.82) is 0 Å². The highest BCUT2D eigenvalue weighted by Gasteiger charge is 2.41. The number of carbonyl (C=O) groups is 3. The van der Waals surface area contributed by atoms with Crippen molar-refractivity contribution in [3.63, 3.8) is 0 Å². The molecule has 1 atom stereocenters. The van der Waals surface area contributed by atoms with E-state index in [0.717, 1.165) is 5.56 Å². The Morgan fingerprint density at radius 1 is 0.906 bits per heavy atom. The van der Waals surface area contributed by atoms with Gasteiger partial charge in [-0.25, -0.2) is 0 Å². The Labute approximate surface area is 186 Å². The van der Waals surface area contributed by atoms with Gasteiger partial charge in [0.2, 0.25) is 11.8 Å². The van der Waals surface area contributed by atoms with Gasteiger partial charge in [-0.3, -0.25) is 19.3 Å². The van der Waals surface area contributed by atoms with Gasteiger partial charge in [0.15, 0.2) is 5.78 Å². The highest BCUT2D eigenvalue weighted by atomic mass is 16.5. The summed E-state index contributed by atoms with van der Waals surface area (Å²) in [5.41, 5.74) is 2.22. The Hall–Kier alpha value is -3.93.